The van der Waals surface area contributed by atoms with Crippen LogP contribution in [0, 0.1) is 0 Å². The molecule has 1 aliphatic carbocycles. The summed E-state index contributed by atoms with van der Waals surface area (Å²) < 4.78 is 0. The number of carbonyl (C=O) groups is 1. The second kappa shape index (κ2) is 7.44. The van der Waals surface area contributed by atoms with Gasteiger partial charge in [-0.1, -0.05) is 31.2 Å². The maximum atomic E-state index is 12.1. The number of nitrogens with one attached hydrogen (secondary N) is 2. The Kier molecular flexibility index (Phi) is 5.60. The van der Waals surface area contributed by atoms with Crippen LogP contribution < -0.4 is 10.6 Å². The number of benzene rings is 1. The fraction of sp³-hybridized carbons (Fsp3) is 0.588. The predicted molar refractivity (Wildman–Crippen MR) is 82.9 cm³/mol. The molecule has 0 heterocycles. The molecule has 110 valence electrons. The second-order valence-corrected chi connectivity index (χ2v) is 5.75. The fourth-order valence-electron chi connectivity index (χ4n) is 3.05. The molecular formula is C17H26N2O. The van der Waals surface area contributed by atoms with Crippen LogP contribution in [-0.4, -0.2) is 25.0 Å². The van der Waals surface area contributed by atoms with Crippen molar-refractivity contribution in [2.24, 2.45) is 0 Å². The predicted octanol–water partition coefficient (Wildman–Crippen LogP) is 2.61. The summed E-state index contributed by atoms with van der Waals surface area (Å²) in [6.07, 6.45) is 4.11. The Balaban J connectivity index is 1.86. The monoisotopic (exact) mass is 274 g/mol. The molecule has 2 rings (SSSR count). The smallest absolute Gasteiger partial charge is 0.220 e. The molecule has 0 saturated carbocycles. The van der Waals surface area contributed by atoms with Gasteiger partial charge in [-0.25, -0.2) is 0 Å². The Morgan fingerprint density at radius 1 is 1.40 bits per heavy atom. The molecule has 0 fully saturated rings. The summed E-state index contributed by atoms with van der Waals surface area (Å²) in [6.45, 7) is 5.82. The maximum absolute atomic E-state index is 12.1. The number of aryl methyl sites for hydroxylation is 1. The molecular weight excluding hydrogens is 248 g/mol. The lowest BCUT2D eigenvalue weighted by atomic mass is 9.81. The molecule has 1 aromatic rings. The van der Waals surface area contributed by atoms with E-state index >= 15 is 0 Å². The van der Waals surface area contributed by atoms with E-state index in [1.54, 1.807) is 0 Å². The quantitative estimate of drug-likeness (QED) is 0.837. The molecule has 0 aliphatic heterocycles. The third-order valence-electron chi connectivity index (χ3n) is 4.08. The van der Waals surface area contributed by atoms with E-state index in [4.69, 9.17) is 0 Å². The number of hydrogen-bond acceptors (Lipinski definition) is 2. The Morgan fingerprint density at radius 3 is 3.00 bits per heavy atom. The largest absolute Gasteiger partial charge is 0.355 e. The van der Waals surface area contributed by atoms with Crippen molar-refractivity contribution in [2.75, 3.05) is 13.1 Å². The summed E-state index contributed by atoms with van der Waals surface area (Å²) >= 11 is 0. The summed E-state index contributed by atoms with van der Waals surface area (Å²) in [5.41, 5.74) is 2.81. The molecule has 20 heavy (non-hydrogen) atoms. The van der Waals surface area contributed by atoms with Gasteiger partial charge in [0.1, 0.15) is 0 Å². The second-order valence-electron chi connectivity index (χ2n) is 5.75. The van der Waals surface area contributed by atoms with E-state index in [2.05, 4.69) is 48.7 Å². The van der Waals surface area contributed by atoms with Gasteiger partial charge in [0, 0.05) is 19.0 Å². The van der Waals surface area contributed by atoms with Crippen LogP contribution in [0.1, 0.15) is 50.2 Å². The van der Waals surface area contributed by atoms with Gasteiger partial charge >= 0.3 is 0 Å². The SMILES string of the molecule is CCN[C@H](C)CNC(=O)CC1CCCc2ccccc21. The molecule has 1 unspecified atom stereocenters. The lowest BCUT2D eigenvalue weighted by molar-refractivity contribution is -0.121. The van der Waals surface area contributed by atoms with Gasteiger partial charge < -0.3 is 10.6 Å². The van der Waals surface area contributed by atoms with Crippen LogP contribution in [0.5, 0.6) is 0 Å². The normalized spacial score (nSPS) is 19.2. The zero-order valence-corrected chi connectivity index (χ0v) is 12.6. The lowest BCUT2D eigenvalue weighted by Gasteiger charge is -2.25. The highest BCUT2D eigenvalue weighted by molar-refractivity contribution is 5.77. The third-order valence-corrected chi connectivity index (χ3v) is 4.08. The van der Waals surface area contributed by atoms with Crippen LogP contribution in [0.25, 0.3) is 0 Å². The number of likely N-dealkylation sites (N-methyl/N-ethyl adjacent to an activating group) is 1. The average Bonchev–Trinajstić information content (AvgIpc) is 2.46. The molecule has 2 atom stereocenters. The molecule has 1 amide bonds. The molecule has 1 aromatic carbocycles. The molecule has 3 nitrogen and oxygen atoms in total. The Hall–Kier alpha value is -1.35. The van der Waals surface area contributed by atoms with Crippen LogP contribution in [0.3, 0.4) is 0 Å². The summed E-state index contributed by atoms with van der Waals surface area (Å²) in [5.74, 6) is 0.575. The summed E-state index contributed by atoms with van der Waals surface area (Å²) in [5, 5.41) is 6.35. The Bertz CT molecular complexity index is 444. The molecule has 3 heteroatoms. The highest BCUT2D eigenvalue weighted by Gasteiger charge is 2.22. The van der Waals surface area contributed by atoms with Gasteiger partial charge in [0.05, 0.1) is 0 Å². The first kappa shape index (κ1) is 15.0. The standard InChI is InChI=1S/C17H26N2O/c1-3-18-13(2)12-19-17(20)11-15-9-6-8-14-7-4-5-10-16(14)15/h4-5,7,10,13,15,18H,3,6,8-9,11-12H2,1-2H3,(H,19,20)/t13-,15?/m1/s1. The van der Waals surface area contributed by atoms with Crippen molar-refractivity contribution in [1.29, 1.82) is 0 Å². The van der Waals surface area contributed by atoms with Crippen molar-refractivity contribution < 1.29 is 4.79 Å². The van der Waals surface area contributed by atoms with Crippen molar-refractivity contribution in [1.82, 2.24) is 10.6 Å². The number of fused-ring (bicyclic) bond motifs is 1. The van der Waals surface area contributed by atoms with E-state index in [-0.39, 0.29) is 5.91 Å². The first-order valence-corrected chi connectivity index (χ1v) is 7.78. The van der Waals surface area contributed by atoms with Crippen molar-refractivity contribution in [3.8, 4) is 0 Å². The van der Waals surface area contributed by atoms with Gasteiger partial charge in [0.25, 0.3) is 0 Å². The number of hydrogen-bond donors (Lipinski definition) is 2. The van der Waals surface area contributed by atoms with E-state index in [0.717, 1.165) is 19.4 Å². The maximum Gasteiger partial charge on any atom is 0.220 e. The molecule has 0 bridgehead atoms. The van der Waals surface area contributed by atoms with Crippen molar-refractivity contribution in [3.63, 3.8) is 0 Å². The van der Waals surface area contributed by atoms with Crippen molar-refractivity contribution in [2.45, 2.75) is 51.5 Å². The van der Waals surface area contributed by atoms with Gasteiger partial charge in [-0.2, -0.15) is 0 Å². The highest BCUT2D eigenvalue weighted by atomic mass is 16.1. The first-order valence-electron chi connectivity index (χ1n) is 7.78. The highest BCUT2D eigenvalue weighted by Crippen LogP contribution is 2.33. The van der Waals surface area contributed by atoms with E-state index < -0.39 is 0 Å². The number of rotatable bonds is 6. The molecule has 0 saturated heterocycles. The van der Waals surface area contributed by atoms with E-state index in [1.165, 1.54) is 17.5 Å². The minimum absolute atomic E-state index is 0.177. The number of amides is 1. The molecule has 1 aliphatic rings. The molecule has 0 radical (unpaired) electrons. The summed E-state index contributed by atoms with van der Waals surface area (Å²) in [4.78, 5) is 12.1. The van der Waals surface area contributed by atoms with Gasteiger partial charge in [-0.05, 0) is 49.8 Å². The Morgan fingerprint density at radius 2 is 2.20 bits per heavy atom. The van der Waals surface area contributed by atoms with Crippen molar-refractivity contribution >= 4 is 5.91 Å². The van der Waals surface area contributed by atoms with Crippen LogP contribution in [-0.2, 0) is 11.2 Å². The van der Waals surface area contributed by atoms with Crippen LogP contribution in [0.4, 0.5) is 0 Å². The molecule has 0 spiro atoms. The van der Waals surface area contributed by atoms with Gasteiger partial charge in [0.15, 0.2) is 0 Å². The number of carbonyl (C=O) groups excluding carboxylic acids is 1. The van der Waals surface area contributed by atoms with Gasteiger partial charge in [0.2, 0.25) is 5.91 Å². The third kappa shape index (κ3) is 4.07. The van der Waals surface area contributed by atoms with E-state index in [0.29, 0.717) is 24.9 Å². The zero-order valence-electron chi connectivity index (χ0n) is 12.6. The fourth-order valence-corrected chi connectivity index (χ4v) is 3.05. The topological polar surface area (TPSA) is 41.1 Å². The van der Waals surface area contributed by atoms with Crippen LogP contribution >= 0.6 is 0 Å². The van der Waals surface area contributed by atoms with Gasteiger partial charge in [-0.3, -0.25) is 4.79 Å². The lowest BCUT2D eigenvalue weighted by Crippen LogP contribution is -2.39. The summed E-state index contributed by atoms with van der Waals surface area (Å²) in [6, 6.07) is 8.91. The van der Waals surface area contributed by atoms with Crippen LogP contribution in [0.2, 0.25) is 0 Å². The minimum atomic E-state index is 0.177. The summed E-state index contributed by atoms with van der Waals surface area (Å²) in [7, 11) is 0. The molecule has 2 N–H and O–H groups in total. The van der Waals surface area contributed by atoms with Gasteiger partial charge in [-0.15, -0.1) is 0 Å². The Labute approximate surface area is 122 Å². The zero-order chi connectivity index (χ0) is 14.4. The van der Waals surface area contributed by atoms with Crippen molar-refractivity contribution in [3.05, 3.63) is 35.4 Å². The van der Waals surface area contributed by atoms with E-state index in [9.17, 15) is 4.79 Å². The average molecular weight is 274 g/mol. The first-order chi connectivity index (χ1) is 9.70. The molecule has 0 aromatic heterocycles. The van der Waals surface area contributed by atoms with Crippen LogP contribution in [0.15, 0.2) is 24.3 Å². The minimum Gasteiger partial charge on any atom is -0.355 e. The van der Waals surface area contributed by atoms with E-state index in [1.807, 2.05) is 0 Å².